The Morgan fingerprint density at radius 2 is 2.00 bits per heavy atom. The number of rotatable bonds is 2. The fraction of sp³-hybridized carbons (Fsp3) is 0.562. The van der Waals surface area contributed by atoms with E-state index >= 15 is 0 Å². The minimum Gasteiger partial charge on any atom is -0.444 e. The van der Waals surface area contributed by atoms with Crippen LogP contribution in [0.1, 0.15) is 33.6 Å². The third-order valence-corrected chi connectivity index (χ3v) is 4.04. The van der Waals surface area contributed by atoms with E-state index in [9.17, 15) is 4.79 Å². The van der Waals surface area contributed by atoms with Gasteiger partial charge in [-0.25, -0.2) is 4.79 Å². The van der Waals surface area contributed by atoms with Gasteiger partial charge in [0.2, 0.25) is 0 Å². The Morgan fingerprint density at radius 3 is 2.59 bits per heavy atom. The number of nitrogens with one attached hydrogen (secondary N) is 1. The number of hydrogen-bond acceptors (Lipinski definition) is 4. The first-order chi connectivity index (χ1) is 10.2. The average Bonchev–Trinajstić information content (AvgIpc) is 2.40. The Morgan fingerprint density at radius 1 is 1.36 bits per heavy atom. The number of alkyl carbamates (subject to hydrolysis) is 1. The molecule has 122 valence electrons. The first-order valence-electron chi connectivity index (χ1n) is 7.54. The zero-order chi connectivity index (χ0) is 16.3. The first-order valence-corrected chi connectivity index (χ1v) is 8.33. The number of nitrogen functional groups attached to an aromatic ring is 1. The molecular weight excluding hydrogens is 346 g/mol. The quantitative estimate of drug-likeness (QED) is 0.782. The maximum Gasteiger partial charge on any atom is 0.407 e. The van der Waals surface area contributed by atoms with Crippen LogP contribution >= 0.6 is 15.9 Å². The summed E-state index contributed by atoms with van der Waals surface area (Å²) in [6, 6.07) is 6.04. The average molecular weight is 370 g/mol. The van der Waals surface area contributed by atoms with Crippen LogP contribution in [0.2, 0.25) is 0 Å². The monoisotopic (exact) mass is 369 g/mol. The number of carbonyl (C=O) groups excluding carboxylic acids is 1. The molecule has 1 heterocycles. The summed E-state index contributed by atoms with van der Waals surface area (Å²) in [5, 5.41) is 2.95. The summed E-state index contributed by atoms with van der Waals surface area (Å²) < 4.78 is 6.32. The van der Waals surface area contributed by atoms with E-state index in [1.54, 1.807) is 0 Å². The number of halogens is 1. The summed E-state index contributed by atoms with van der Waals surface area (Å²) in [6.07, 6.45) is 1.42. The lowest BCUT2D eigenvalue weighted by molar-refractivity contribution is 0.0497. The summed E-state index contributed by atoms with van der Waals surface area (Å²) in [7, 11) is 0. The van der Waals surface area contributed by atoms with Crippen LogP contribution < -0.4 is 16.0 Å². The minimum atomic E-state index is -0.463. The SMILES string of the molecule is CC(C)(C)OC(=O)NC1CCN(c2cc(Br)ccc2N)CC1. The zero-order valence-electron chi connectivity index (χ0n) is 13.4. The van der Waals surface area contributed by atoms with Gasteiger partial charge in [0.05, 0.1) is 11.4 Å². The van der Waals surface area contributed by atoms with Crippen molar-refractivity contribution < 1.29 is 9.53 Å². The topological polar surface area (TPSA) is 67.6 Å². The van der Waals surface area contributed by atoms with Crippen LogP contribution in [0.25, 0.3) is 0 Å². The third kappa shape index (κ3) is 4.80. The van der Waals surface area contributed by atoms with Crippen molar-refractivity contribution in [2.24, 2.45) is 0 Å². The second-order valence-corrected chi connectivity index (χ2v) is 7.53. The van der Waals surface area contributed by atoms with Gasteiger partial charge in [0.25, 0.3) is 0 Å². The van der Waals surface area contributed by atoms with Gasteiger partial charge < -0.3 is 20.7 Å². The van der Waals surface area contributed by atoms with Crippen molar-refractivity contribution in [1.82, 2.24) is 5.32 Å². The molecule has 6 heteroatoms. The number of anilines is 2. The van der Waals surface area contributed by atoms with E-state index in [0.29, 0.717) is 0 Å². The van der Waals surface area contributed by atoms with Crippen molar-refractivity contribution in [2.75, 3.05) is 23.7 Å². The molecule has 1 saturated heterocycles. The molecule has 0 radical (unpaired) electrons. The number of nitrogens with two attached hydrogens (primary N) is 1. The summed E-state index contributed by atoms with van der Waals surface area (Å²) in [5.74, 6) is 0. The van der Waals surface area contributed by atoms with E-state index < -0.39 is 5.60 Å². The standard InChI is InChI=1S/C16H24BrN3O2/c1-16(2,3)22-15(21)19-12-6-8-20(9-7-12)14-10-11(17)4-5-13(14)18/h4-5,10,12H,6-9,18H2,1-3H3,(H,19,21). The molecule has 5 nitrogen and oxygen atoms in total. The molecule has 0 unspecified atom stereocenters. The molecule has 0 aromatic heterocycles. The molecular formula is C16H24BrN3O2. The highest BCUT2D eigenvalue weighted by Gasteiger charge is 2.24. The summed E-state index contributed by atoms with van der Waals surface area (Å²) in [6.45, 7) is 7.32. The molecule has 22 heavy (non-hydrogen) atoms. The lowest BCUT2D eigenvalue weighted by atomic mass is 10.0. The van der Waals surface area contributed by atoms with E-state index in [1.165, 1.54) is 0 Å². The molecule has 2 rings (SSSR count). The maximum absolute atomic E-state index is 11.8. The fourth-order valence-electron chi connectivity index (χ4n) is 2.53. The molecule has 1 fully saturated rings. The molecule has 1 amide bonds. The number of nitrogens with zero attached hydrogens (tertiary/aromatic N) is 1. The minimum absolute atomic E-state index is 0.152. The van der Waals surface area contributed by atoms with Gasteiger partial charge in [-0.05, 0) is 51.8 Å². The largest absolute Gasteiger partial charge is 0.444 e. The van der Waals surface area contributed by atoms with E-state index in [2.05, 4.69) is 26.1 Å². The van der Waals surface area contributed by atoms with Gasteiger partial charge in [0, 0.05) is 23.6 Å². The second-order valence-electron chi connectivity index (χ2n) is 6.61. The first kappa shape index (κ1) is 16.9. The van der Waals surface area contributed by atoms with Crippen LogP contribution in [0.3, 0.4) is 0 Å². The number of piperidine rings is 1. The smallest absolute Gasteiger partial charge is 0.407 e. The zero-order valence-corrected chi connectivity index (χ0v) is 14.9. The molecule has 1 aromatic rings. The van der Waals surface area contributed by atoms with Crippen molar-refractivity contribution in [2.45, 2.75) is 45.3 Å². The van der Waals surface area contributed by atoms with Crippen molar-refractivity contribution in [3.8, 4) is 0 Å². The highest BCUT2D eigenvalue weighted by molar-refractivity contribution is 9.10. The van der Waals surface area contributed by atoms with E-state index in [0.717, 1.165) is 41.8 Å². The Balaban J connectivity index is 1.88. The number of carbonyl (C=O) groups is 1. The van der Waals surface area contributed by atoms with Crippen molar-refractivity contribution in [3.05, 3.63) is 22.7 Å². The van der Waals surface area contributed by atoms with Gasteiger partial charge >= 0.3 is 6.09 Å². The Labute approximate surface area is 140 Å². The Hall–Kier alpha value is -1.43. The lowest BCUT2D eigenvalue weighted by Gasteiger charge is -2.35. The van der Waals surface area contributed by atoms with Gasteiger partial charge in [0.1, 0.15) is 5.60 Å². The molecule has 0 saturated carbocycles. The van der Waals surface area contributed by atoms with Crippen molar-refractivity contribution >= 4 is 33.4 Å². The van der Waals surface area contributed by atoms with Crippen LogP contribution in [0.5, 0.6) is 0 Å². The molecule has 0 atom stereocenters. The van der Waals surface area contributed by atoms with Gasteiger partial charge in [-0.15, -0.1) is 0 Å². The molecule has 1 aliphatic rings. The van der Waals surface area contributed by atoms with Crippen LogP contribution in [0, 0.1) is 0 Å². The molecule has 0 bridgehead atoms. The van der Waals surface area contributed by atoms with E-state index in [-0.39, 0.29) is 12.1 Å². The van der Waals surface area contributed by atoms with E-state index in [4.69, 9.17) is 10.5 Å². The normalized spacial score (nSPS) is 16.5. The highest BCUT2D eigenvalue weighted by Crippen LogP contribution is 2.29. The Kier molecular flexibility index (Phi) is 5.21. The van der Waals surface area contributed by atoms with Crippen molar-refractivity contribution in [1.29, 1.82) is 0 Å². The summed E-state index contributed by atoms with van der Waals surface area (Å²) in [5.41, 5.74) is 7.42. The molecule has 0 aliphatic carbocycles. The maximum atomic E-state index is 11.8. The molecule has 1 aliphatic heterocycles. The Bertz CT molecular complexity index is 535. The van der Waals surface area contributed by atoms with E-state index in [1.807, 2.05) is 39.0 Å². The number of amides is 1. The van der Waals surface area contributed by atoms with Crippen molar-refractivity contribution in [3.63, 3.8) is 0 Å². The van der Waals surface area contributed by atoms with Crippen LogP contribution in [-0.2, 0) is 4.74 Å². The van der Waals surface area contributed by atoms with Crippen LogP contribution in [0.15, 0.2) is 22.7 Å². The number of ether oxygens (including phenoxy) is 1. The second kappa shape index (κ2) is 6.77. The van der Waals surface area contributed by atoms with Gasteiger partial charge in [0.15, 0.2) is 0 Å². The van der Waals surface area contributed by atoms with Gasteiger partial charge in [-0.2, -0.15) is 0 Å². The third-order valence-electron chi connectivity index (χ3n) is 3.55. The number of hydrogen-bond donors (Lipinski definition) is 2. The molecule has 0 spiro atoms. The van der Waals surface area contributed by atoms with Crippen LogP contribution in [0.4, 0.5) is 16.2 Å². The molecule has 1 aromatic carbocycles. The number of benzene rings is 1. The fourth-order valence-corrected chi connectivity index (χ4v) is 2.88. The van der Waals surface area contributed by atoms with Gasteiger partial charge in [-0.1, -0.05) is 15.9 Å². The lowest BCUT2D eigenvalue weighted by Crippen LogP contribution is -2.46. The predicted molar refractivity (Wildman–Crippen MR) is 93.2 cm³/mol. The highest BCUT2D eigenvalue weighted by atomic mass is 79.9. The van der Waals surface area contributed by atoms with Gasteiger partial charge in [-0.3, -0.25) is 0 Å². The van der Waals surface area contributed by atoms with Crippen LogP contribution in [-0.4, -0.2) is 30.8 Å². The summed E-state index contributed by atoms with van der Waals surface area (Å²) >= 11 is 3.48. The predicted octanol–water partition coefficient (Wildman–Crippen LogP) is 3.52. The molecule has 3 N–H and O–H groups in total. The summed E-state index contributed by atoms with van der Waals surface area (Å²) in [4.78, 5) is 14.1.